The van der Waals surface area contributed by atoms with Gasteiger partial charge in [0.1, 0.15) is 0 Å². The molecule has 0 aliphatic carbocycles. The molecule has 1 aromatic heterocycles. The van der Waals surface area contributed by atoms with E-state index in [1.54, 1.807) is 0 Å². The summed E-state index contributed by atoms with van der Waals surface area (Å²) >= 11 is 0. The summed E-state index contributed by atoms with van der Waals surface area (Å²) in [5.41, 5.74) is 4.96. The maximum atomic E-state index is 6.25. The molecule has 5 heteroatoms. The molecule has 3 unspecified atom stereocenters. The van der Waals surface area contributed by atoms with Gasteiger partial charge in [0, 0.05) is 27.7 Å². The van der Waals surface area contributed by atoms with Gasteiger partial charge in [-0.05, 0) is 47.2 Å². The number of rotatable bonds is 15. The fourth-order valence-electron chi connectivity index (χ4n) is 3.61. The Morgan fingerprint density at radius 1 is 0.737 bits per heavy atom. The van der Waals surface area contributed by atoms with E-state index in [4.69, 9.17) is 19.2 Å². The maximum absolute atomic E-state index is 6.25. The summed E-state index contributed by atoms with van der Waals surface area (Å²) in [5, 5.41) is 0. The van der Waals surface area contributed by atoms with Gasteiger partial charge in [-0.25, -0.2) is 0 Å². The zero-order valence-electron chi connectivity index (χ0n) is 23.9. The Morgan fingerprint density at radius 2 is 1.37 bits per heavy atom. The van der Waals surface area contributed by atoms with Gasteiger partial charge in [-0.15, -0.1) is 35.4 Å². The smallest absolute Gasteiger partial charge is 0.161 e. The van der Waals surface area contributed by atoms with Crippen molar-refractivity contribution in [3.8, 4) is 33.9 Å². The first-order chi connectivity index (χ1) is 17.9. The molecule has 0 N–H and O–H groups in total. The number of pyridine rings is 1. The second-order valence-corrected chi connectivity index (χ2v) is 10.3. The van der Waals surface area contributed by atoms with Crippen LogP contribution in [0.5, 0.6) is 11.5 Å². The summed E-state index contributed by atoms with van der Waals surface area (Å²) in [6, 6.07) is 21.9. The van der Waals surface area contributed by atoms with E-state index in [-0.39, 0.29) is 21.1 Å². The van der Waals surface area contributed by atoms with Crippen LogP contribution in [0.3, 0.4) is 0 Å². The summed E-state index contributed by atoms with van der Waals surface area (Å²) in [5.74, 6) is 3.14. The Kier molecular flexibility index (Phi) is 14.1. The minimum atomic E-state index is 0. The van der Waals surface area contributed by atoms with Crippen LogP contribution >= 0.6 is 0 Å². The third kappa shape index (κ3) is 9.86. The quantitative estimate of drug-likeness (QED) is 0.149. The molecule has 4 nitrogen and oxygen atoms in total. The number of nitrogens with zero attached hydrogens (tertiary/aromatic N) is 1. The summed E-state index contributed by atoms with van der Waals surface area (Å²) in [6.45, 7) is 15.8. The van der Waals surface area contributed by atoms with E-state index >= 15 is 0 Å². The monoisotopic (exact) mass is 697 g/mol. The average Bonchev–Trinajstić information content (AvgIpc) is 2.94. The standard InChI is InChI=1S/C33H44NO3.Pt/c1-7-24(4)20-35-23-30-14-11-15-31(34-30)29-13-10-12-27(18-29)28-16-17-32(36-21-25(5)8-2)33(19-28)37-22-26(6)9-3;/h10-12,14-19,24-26H,7-9,20-23H2,1-6H3;/q-1;. The first-order valence-electron chi connectivity index (χ1n) is 13.9. The predicted molar refractivity (Wildman–Crippen MR) is 153 cm³/mol. The van der Waals surface area contributed by atoms with Gasteiger partial charge in [0.05, 0.1) is 25.5 Å². The van der Waals surface area contributed by atoms with Crippen LogP contribution in [0.1, 0.15) is 66.5 Å². The van der Waals surface area contributed by atoms with Gasteiger partial charge >= 0.3 is 0 Å². The van der Waals surface area contributed by atoms with E-state index in [0.29, 0.717) is 37.6 Å². The molecule has 210 valence electrons. The molecule has 0 bridgehead atoms. The molecule has 2 aromatic carbocycles. The number of benzene rings is 2. The Balaban J connectivity index is 0.00000507. The first-order valence-corrected chi connectivity index (χ1v) is 13.9. The van der Waals surface area contributed by atoms with Gasteiger partial charge in [0.2, 0.25) is 0 Å². The molecule has 3 aromatic rings. The van der Waals surface area contributed by atoms with Gasteiger partial charge in [-0.2, -0.15) is 0 Å². The first kappa shape index (κ1) is 32.1. The number of hydrogen-bond acceptors (Lipinski definition) is 4. The van der Waals surface area contributed by atoms with Gasteiger partial charge in [0.15, 0.2) is 11.5 Å². The fraction of sp³-hybridized carbons (Fsp3) is 0.485. The Hall–Kier alpha value is -2.16. The van der Waals surface area contributed by atoms with E-state index in [1.165, 1.54) is 0 Å². The molecule has 3 atom stereocenters. The molecule has 0 aliphatic heterocycles. The largest absolute Gasteiger partial charge is 0.489 e. The summed E-state index contributed by atoms with van der Waals surface area (Å²) in [7, 11) is 0. The van der Waals surface area contributed by atoms with Crippen molar-refractivity contribution in [1.82, 2.24) is 4.98 Å². The van der Waals surface area contributed by atoms with E-state index in [0.717, 1.165) is 65.4 Å². The molecule has 0 saturated heterocycles. The molecule has 38 heavy (non-hydrogen) atoms. The van der Waals surface area contributed by atoms with Gasteiger partial charge in [-0.1, -0.05) is 79.0 Å². The van der Waals surface area contributed by atoms with Gasteiger partial charge in [0.25, 0.3) is 0 Å². The second-order valence-electron chi connectivity index (χ2n) is 10.3. The molecule has 1 heterocycles. The van der Waals surface area contributed by atoms with Crippen LogP contribution in [-0.2, 0) is 32.4 Å². The van der Waals surface area contributed by atoms with Crippen molar-refractivity contribution in [2.75, 3.05) is 19.8 Å². The zero-order chi connectivity index (χ0) is 26.6. The third-order valence-corrected chi connectivity index (χ3v) is 6.95. The van der Waals surface area contributed by atoms with Gasteiger partial charge < -0.3 is 14.2 Å². The molecule has 0 fully saturated rings. The van der Waals surface area contributed by atoms with Crippen molar-refractivity contribution >= 4 is 0 Å². The molecular weight excluding hydrogens is 653 g/mol. The van der Waals surface area contributed by atoms with Crippen LogP contribution in [-0.4, -0.2) is 24.8 Å². The van der Waals surface area contributed by atoms with Crippen molar-refractivity contribution in [1.29, 1.82) is 0 Å². The molecule has 0 amide bonds. The number of hydrogen-bond donors (Lipinski definition) is 0. The van der Waals surface area contributed by atoms with Crippen molar-refractivity contribution in [2.24, 2.45) is 17.8 Å². The normalized spacial score (nSPS) is 13.3. The average molecular weight is 698 g/mol. The van der Waals surface area contributed by atoms with E-state index in [9.17, 15) is 0 Å². The molecule has 0 saturated carbocycles. The van der Waals surface area contributed by atoms with Crippen LogP contribution in [0.2, 0.25) is 0 Å². The second kappa shape index (κ2) is 16.7. The minimum Gasteiger partial charge on any atom is -0.489 e. The Morgan fingerprint density at radius 3 is 2.05 bits per heavy atom. The van der Waals surface area contributed by atoms with Crippen molar-refractivity contribution in [3.63, 3.8) is 0 Å². The molecule has 0 radical (unpaired) electrons. The van der Waals surface area contributed by atoms with Crippen LogP contribution < -0.4 is 9.47 Å². The third-order valence-electron chi connectivity index (χ3n) is 6.95. The van der Waals surface area contributed by atoms with E-state index < -0.39 is 0 Å². The number of ether oxygens (including phenoxy) is 3. The molecule has 3 rings (SSSR count). The van der Waals surface area contributed by atoms with E-state index in [2.05, 4.69) is 71.9 Å². The maximum Gasteiger partial charge on any atom is 0.161 e. The summed E-state index contributed by atoms with van der Waals surface area (Å²) in [6.07, 6.45) is 3.28. The zero-order valence-corrected chi connectivity index (χ0v) is 26.1. The van der Waals surface area contributed by atoms with Crippen LogP contribution in [0.25, 0.3) is 22.4 Å². The topological polar surface area (TPSA) is 40.6 Å². The number of aromatic nitrogens is 1. The van der Waals surface area contributed by atoms with Crippen LogP contribution in [0.4, 0.5) is 0 Å². The summed E-state index contributed by atoms with van der Waals surface area (Å²) < 4.78 is 18.3. The molecule has 0 aliphatic rings. The van der Waals surface area contributed by atoms with Crippen LogP contribution in [0.15, 0.2) is 54.6 Å². The SMILES string of the molecule is CCC(C)COCc1cccc(-c2[c-]ccc(-c3ccc(OCC(C)CC)c(OCC(C)CC)c3)c2)n1.[Pt]. The minimum absolute atomic E-state index is 0. The molecule has 0 spiro atoms. The van der Waals surface area contributed by atoms with Crippen LogP contribution in [0, 0.1) is 23.8 Å². The fourth-order valence-corrected chi connectivity index (χ4v) is 3.61. The van der Waals surface area contributed by atoms with Crippen molar-refractivity contribution < 1.29 is 35.3 Å². The van der Waals surface area contributed by atoms with Gasteiger partial charge in [-0.3, -0.25) is 4.98 Å². The van der Waals surface area contributed by atoms with Crippen molar-refractivity contribution in [2.45, 2.75) is 67.4 Å². The summed E-state index contributed by atoms with van der Waals surface area (Å²) in [4.78, 5) is 4.84. The Labute approximate surface area is 244 Å². The van der Waals surface area contributed by atoms with E-state index in [1.807, 2.05) is 30.3 Å². The van der Waals surface area contributed by atoms with Crippen molar-refractivity contribution in [3.05, 3.63) is 66.4 Å². The molecular formula is C33H44NO3Pt-. The predicted octanol–water partition coefficient (Wildman–Crippen LogP) is 8.63. The Bertz CT molecular complexity index is 1100.